The highest BCUT2D eigenvalue weighted by Crippen LogP contribution is 2.23. The summed E-state index contributed by atoms with van der Waals surface area (Å²) in [5.74, 6) is -0.524. The number of aromatic nitrogens is 1. The van der Waals surface area contributed by atoms with Gasteiger partial charge in [-0.1, -0.05) is 0 Å². The molecular weight excluding hydrogens is 252 g/mol. The van der Waals surface area contributed by atoms with Crippen LogP contribution in [0.3, 0.4) is 0 Å². The van der Waals surface area contributed by atoms with Gasteiger partial charge in [0.05, 0.1) is 11.5 Å². The third kappa shape index (κ3) is 3.73. The molecule has 0 saturated heterocycles. The van der Waals surface area contributed by atoms with Crippen molar-refractivity contribution in [3.8, 4) is 0 Å². The summed E-state index contributed by atoms with van der Waals surface area (Å²) >= 11 is 0. The minimum absolute atomic E-state index is 0.0520. The average Bonchev–Trinajstić information content (AvgIpc) is 2.38. The van der Waals surface area contributed by atoms with E-state index in [9.17, 15) is 14.9 Å². The highest BCUT2D eigenvalue weighted by atomic mass is 16.6. The number of ether oxygens (including phenoxy) is 1. The molecule has 8 nitrogen and oxygen atoms in total. The van der Waals surface area contributed by atoms with Crippen molar-refractivity contribution in [2.45, 2.75) is 13.8 Å². The first-order valence-corrected chi connectivity index (χ1v) is 5.52. The highest BCUT2D eigenvalue weighted by Gasteiger charge is 2.18. The largest absolute Gasteiger partial charge is 0.461 e. The van der Waals surface area contributed by atoms with Gasteiger partial charge in [-0.2, -0.15) is 5.10 Å². The maximum Gasteiger partial charge on any atom is 0.354 e. The molecule has 1 heterocycles. The summed E-state index contributed by atoms with van der Waals surface area (Å²) in [6.07, 6.45) is 1.41. The second kappa shape index (κ2) is 6.43. The fourth-order valence-corrected chi connectivity index (χ4v) is 1.33. The van der Waals surface area contributed by atoms with E-state index in [1.807, 2.05) is 0 Å². The van der Waals surface area contributed by atoms with Crippen LogP contribution in [0, 0.1) is 10.1 Å². The fourth-order valence-electron chi connectivity index (χ4n) is 1.33. The molecule has 0 fully saturated rings. The number of carbonyl (C=O) groups is 1. The van der Waals surface area contributed by atoms with Crippen LogP contribution in [0.15, 0.2) is 23.4 Å². The second-order valence-electron chi connectivity index (χ2n) is 3.53. The summed E-state index contributed by atoms with van der Waals surface area (Å²) in [7, 11) is 1.47. The Morgan fingerprint density at radius 3 is 2.89 bits per heavy atom. The number of nitro groups is 1. The topological polar surface area (TPSA) is 97.9 Å². The van der Waals surface area contributed by atoms with Gasteiger partial charge in [0, 0.05) is 19.3 Å². The number of esters is 1. The van der Waals surface area contributed by atoms with E-state index < -0.39 is 10.9 Å². The summed E-state index contributed by atoms with van der Waals surface area (Å²) in [6, 6.07) is 2.77. The molecule has 0 N–H and O–H groups in total. The first-order chi connectivity index (χ1) is 8.97. The Kier molecular flexibility index (Phi) is 4.92. The van der Waals surface area contributed by atoms with Crippen LogP contribution >= 0.6 is 0 Å². The van der Waals surface area contributed by atoms with Crippen molar-refractivity contribution >= 4 is 23.2 Å². The lowest BCUT2D eigenvalue weighted by Gasteiger charge is -2.12. The van der Waals surface area contributed by atoms with Crippen molar-refractivity contribution in [3.05, 3.63) is 28.4 Å². The van der Waals surface area contributed by atoms with Crippen LogP contribution in [0.1, 0.15) is 13.8 Å². The molecule has 0 aliphatic rings. The van der Waals surface area contributed by atoms with Gasteiger partial charge in [0.15, 0.2) is 0 Å². The molecule has 0 radical (unpaired) electrons. The molecule has 1 rings (SSSR count). The Hall–Kier alpha value is -2.51. The van der Waals surface area contributed by atoms with Gasteiger partial charge in [-0.05, 0) is 19.9 Å². The van der Waals surface area contributed by atoms with E-state index in [4.69, 9.17) is 4.74 Å². The number of hydrogen-bond acceptors (Lipinski definition) is 7. The zero-order valence-corrected chi connectivity index (χ0v) is 10.9. The number of hydrogen-bond donors (Lipinski definition) is 0. The van der Waals surface area contributed by atoms with E-state index in [1.54, 1.807) is 6.92 Å². The minimum atomic E-state index is -0.576. The zero-order chi connectivity index (χ0) is 14.4. The van der Waals surface area contributed by atoms with Crippen LogP contribution in [-0.2, 0) is 9.53 Å². The Balaban J connectivity index is 3.01. The molecule has 0 amide bonds. The van der Waals surface area contributed by atoms with E-state index in [0.717, 1.165) is 0 Å². The highest BCUT2D eigenvalue weighted by molar-refractivity contribution is 6.35. The number of nitrogens with zero attached hydrogens (tertiary/aromatic N) is 4. The van der Waals surface area contributed by atoms with Crippen molar-refractivity contribution in [2.24, 2.45) is 5.10 Å². The second-order valence-corrected chi connectivity index (χ2v) is 3.53. The third-order valence-electron chi connectivity index (χ3n) is 2.14. The first-order valence-electron chi connectivity index (χ1n) is 5.52. The van der Waals surface area contributed by atoms with Crippen LogP contribution in [0.4, 0.5) is 11.5 Å². The first kappa shape index (κ1) is 14.6. The SMILES string of the molecule is CCOC(=O)/C(C)=N/N(C)c1ncccc1[N+](=O)[O-]. The van der Waals surface area contributed by atoms with Gasteiger partial charge in [0.1, 0.15) is 5.71 Å². The standard InChI is InChI=1S/C11H14N4O4/c1-4-19-11(16)8(2)13-14(3)10-9(15(17)18)6-5-7-12-10/h5-7H,4H2,1-3H3/b13-8+. The quantitative estimate of drug-likeness (QED) is 0.345. The fraction of sp³-hybridized carbons (Fsp3) is 0.364. The van der Waals surface area contributed by atoms with Gasteiger partial charge < -0.3 is 4.74 Å². The molecule has 0 aliphatic carbocycles. The van der Waals surface area contributed by atoms with E-state index in [1.165, 1.54) is 37.3 Å². The lowest BCUT2D eigenvalue weighted by molar-refractivity contribution is -0.384. The summed E-state index contributed by atoms with van der Waals surface area (Å²) in [4.78, 5) is 25.6. The van der Waals surface area contributed by atoms with Crippen molar-refractivity contribution in [1.29, 1.82) is 0 Å². The van der Waals surface area contributed by atoms with Crippen LogP contribution in [-0.4, -0.2) is 35.2 Å². The zero-order valence-electron chi connectivity index (χ0n) is 10.9. The molecule has 8 heteroatoms. The van der Waals surface area contributed by atoms with Crippen molar-refractivity contribution in [3.63, 3.8) is 0 Å². The van der Waals surface area contributed by atoms with Gasteiger partial charge in [0.2, 0.25) is 5.82 Å². The number of hydrazone groups is 1. The summed E-state index contributed by atoms with van der Waals surface area (Å²) in [5.41, 5.74) is -0.102. The molecule has 102 valence electrons. The normalized spacial score (nSPS) is 11.0. The Morgan fingerprint density at radius 2 is 2.32 bits per heavy atom. The third-order valence-corrected chi connectivity index (χ3v) is 2.14. The molecule has 1 aromatic heterocycles. The lowest BCUT2D eigenvalue weighted by atomic mass is 10.4. The van der Waals surface area contributed by atoms with Crippen LogP contribution < -0.4 is 5.01 Å². The number of rotatable bonds is 5. The van der Waals surface area contributed by atoms with Crippen LogP contribution in [0.2, 0.25) is 0 Å². The van der Waals surface area contributed by atoms with Crippen LogP contribution in [0.5, 0.6) is 0 Å². The van der Waals surface area contributed by atoms with E-state index in [-0.39, 0.29) is 23.8 Å². The lowest BCUT2D eigenvalue weighted by Crippen LogP contribution is -2.21. The van der Waals surface area contributed by atoms with E-state index in [2.05, 4.69) is 10.1 Å². The van der Waals surface area contributed by atoms with Gasteiger partial charge >= 0.3 is 11.7 Å². The molecule has 0 aromatic carbocycles. The van der Waals surface area contributed by atoms with Crippen molar-refractivity contribution in [1.82, 2.24) is 4.98 Å². The molecular formula is C11H14N4O4. The van der Waals surface area contributed by atoms with Gasteiger partial charge in [-0.25, -0.2) is 14.8 Å². The summed E-state index contributed by atoms with van der Waals surface area (Å²) in [6.45, 7) is 3.38. The van der Waals surface area contributed by atoms with Gasteiger partial charge in [-0.15, -0.1) is 0 Å². The Morgan fingerprint density at radius 1 is 1.63 bits per heavy atom. The molecule has 0 aliphatic heterocycles. The molecule has 0 saturated carbocycles. The van der Waals surface area contributed by atoms with E-state index in [0.29, 0.717) is 0 Å². The molecule has 1 aromatic rings. The van der Waals surface area contributed by atoms with E-state index >= 15 is 0 Å². The summed E-state index contributed by atoms with van der Waals surface area (Å²) in [5, 5.41) is 15.9. The van der Waals surface area contributed by atoms with Crippen LogP contribution in [0.25, 0.3) is 0 Å². The predicted molar refractivity (Wildman–Crippen MR) is 69.0 cm³/mol. The van der Waals surface area contributed by atoms with Gasteiger partial charge in [0.25, 0.3) is 0 Å². The molecule has 19 heavy (non-hydrogen) atoms. The minimum Gasteiger partial charge on any atom is -0.461 e. The average molecular weight is 266 g/mol. The molecule has 0 bridgehead atoms. The molecule has 0 unspecified atom stereocenters. The maximum atomic E-state index is 11.4. The number of anilines is 1. The Bertz CT molecular complexity index is 515. The molecule has 0 spiro atoms. The number of pyridine rings is 1. The molecule has 0 atom stereocenters. The monoisotopic (exact) mass is 266 g/mol. The van der Waals surface area contributed by atoms with Crippen molar-refractivity contribution < 1.29 is 14.5 Å². The van der Waals surface area contributed by atoms with Gasteiger partial charge in [-0.3, -0.25) is 10.1 Å². The predicted octanol–water partition coefficient (Wildman–Crippen LogP) is 1.36. The Labute approximate surface area is 109 Å². The maximum absolute atomic E-state index is 11.4. The number of carbonyl (C=O) groups excluding carboxylic acids is 1. The summed E-state index contributed by atoms with van der Waals surface area (Å²) < 4.78 is 4.77. The van der Waals surface area contributed by atoms with Crippen molar-refractivity contribution in [2.75, 3.05) is 18.7 Å². The smallest absolute Gasteiger partial charge is 0.354 e.